The van der Waals surface area contributed by atoms with Gasteiger partial charge in [0.1, 0.15) is 0 Å². The molecule has 0 spiro atoms. The first-order valence-corrected chi connectivity index (χ1v) is 8.78. The van der Waals surface area contributed by atoms with E-state index >= 15 is 0 Å². The molecule has 126 valence electrons. The van der Waals surface area contributed by atoms with Crippen molar-refractivity contribution >= 4 is 6.03 Å². The molecule has 2 amide bonds. The van der Waals surface area contributed by atoms with Gasteiger partial charge in [-0.25, -0.2) is 4.79 Å². The second-order valence-electron chi connectivity index (χ2n) is 7.74. The van der Waals surface area contributed by atoms with Gasteiger partial charge in [0.25, 0.3) is 0 Å². The summed E-state index contributed by atoms with van der Waals surface area (Å²) in [5, 5.41) is 15.9. The molecule has 2 aliphatic rings. The maximum Gasteiger partial charge on any atom is 0.315 e. The van der Waals surface area contributed by atoms with Crippen LogP contribution in [0.4, 0.5) is 4.79 Å². The molecule has 1 fully saturated rings. The van der Waals surface area contributed by atoms with Crippen LogP contribution in [0.5, 0.6) is 0 Å². The summed E-state index contributed by atoms with van der Waals surface area (Å²) < 4.78 is 0. The molecule has 3 N–H and O–H groups in total. The van der Waals surface area contributed by atoms with Crippen LogP contribution in [0.2, 0.25) is 0 Å². The van der Waals surface area contributed by atoms with E-state index in [1.165, 1.54) is 11.1 Å². The van der Waals surface area contributed by atoms with Crippen LogP contribution in [0.25, 0.3) is 0 Å². The number of aryl methyl sites for hydroxylation is 1. The van der Waals surface area contributed by atoms with Gasteiger partial charge >= 0.3 is 6.03 Å². The van der Waals surface area contributed by atoms with Crippen molar-refractivity contribution in [3.63, 3.8) is 0 Å². The third kappa shape index (κ3) is 3.69. The Labute approximate surface area is 138 Å². The number of nitrogens with one attached hydrogen (secondary N) is 2. The summed E-state index contributed by atoms with van der Waals surface area (Å²) in [4.78, 5) is 12.5. The van der Waals surface area contributed by atoms with Gasteiger partial charge in [0.2, 0.25) is 0 Å². The lowest BCUT2D eigenvalue weighted by Crippen LogP contribution is -2.49. The first-order valence-electron chi connectivity index (χ1n) is 8.78. The second kappa shape index (κ2) is 6.52. The number of carbonyl (C=O) groups excluding carboxylic acids is 1. The average Bonchev–Trinajstić information content (AvgIpc) is 2.52. The molecular weight excluding hydrogens is 288 g/mol. The van der Waals surface area contributed by atoms with E-state index in [0.29, 0.717) is 0 Å². The summed E-state index contributed by atoms with van der Waals surface area (Å²) in [6.45, 7) is 4.45. The third-order valence-corrected chi connectivity index (χ3v) is 5.49. The number of benzene rings is 1. The first-order chi connectivity index (χ1) is 11.0. The van der Waals surface area contributed by atoms with Crippen molar-refractivity contribution in [3.05, 3.63) is 35.4 Å². The van der Waals surface area contributed by atoms with Crippen LogP contribution in [-0.4, -0.2) is 23.3 Å². The smallest absolute Gasteiger partial charge is 0.315 e. The molecule has 1 atom stereocenters. The Balaban J connectivity index is 1.67. The van der Waals surface area contributed by atoms with Gasteiger partial charge in [-0.05, 0) is 55.1 Å². The molecule has 0 aromatic heterocycles. The maximum absolute atomic E-state index is 12.5. The van der Waals surface area contributed by atoms with Crippen molar-refractivity contribution in [1.29, 1.82) is 0 Å². The molecule has 4 heteroatoms. The topological polar surface area (TPSA) is 61.4 Å². The van der Waals surface area contributed by atoms with Gasteiger partial charge in [-0.15, -0.1) is 0 Å². The molecule has 0 bridgehead atoms. The van der Waals surface area contributed by atoms with Crippen LogP contribution in [0, 0.1) is 5.41 Å². The summed E-state index contributed by atoms with van der Waals surface area (Å²) in [6, 6.07) is 8.57. The zero-order valence-electron chi connectivity index (χ0n) is 14.1. The molecule has 1 saturated carbocycles. The zero-order valence-corrected chi connectivity index (χ0v) is 14.1. The molecule has 0 heterocycles. The van der Waals surface area contributed by atoms with Crippen molar-refractivity contribution in [1.82, 2.24) is 10.6 Å². The fraction of sp³-hybridized carbons (Fsp3) is 0.632. The Morgan fingerprint density at radius 1 is 1.13 bits per heavy atom. The van der Waals surface area contributed by atoms with Crippen LogP contribution in [-0.2, 0) is 6.42 Å². The number of aliphatic hydroxyl groups is 1. The summed E-state index contributed by atoms with van der Waals surface area (Å²) in [7, 11) is 0. The zero-order chi connectivity index (χ0) is 16.4. The fourth-order valence-corrected chi connectivity index (χ4v) is 3.92. The Kier molecular flexibility index (Phi) is 4.62. The highest BCUT2D eigenvalue weighted by molar-refractivity contribution is 5.75. The maximum atomic E-state index is 12.5. The molecule has 1 aromatic rings. The number of fused-ring (bicyclic) bond motifs is 1. The predicted molar refractivity (Wildman–Crippen MR) is 91.2 cm³/mol. The number of hydrogen-bond donors (Lipinski definition) is 3. The summed E-state index contributed by atoms with van der Waals surface area (Å²) >= 11 is 0. The van der Waals surface area contributed by atoms with E-state index in [1.807, 2.05) is 0 Å². The predicted octanol–water partition coefficient (Wildman–Crippen LogP) is 3.30. The second-order valence-corrected chi connectivity index (χ2v) is 7.74. The minimum Gasteiger partial charge on any atom is -0.393 e. The van der Waals surface area contributed by atoms with Gasteiger partial charge in [0.05, 0.1) is 12.1 Å². The molecule has 1 aromatic carbocycles. The lowest BCUT2D eigenvalue weighted by Gasteiger charge is -2.40. The number of rotatable bonds is 2. The van der Waals surface area contributed by atoms with Crippen LogP contribution < -0.4 is 10.6 Å². The quantitative estimate of drug-likeness (QED) is 0.784. The molecule has 1 unspecified atom stereocenters. The number of carbonyl (C=O) groups is 1. The van der Waals surface area contributed by atoms with Crippen LogP contribution >= 0.6 is 0 Å². The molecule has 2 aliphatic carbocycles. The molecular formula is C19H28N2O2. The first kappa shape index (κ1) is 16.3. The van der Waals surface area contributed by atoms with E-state index < -0.39 is 0 Å². The minimum absolute atomic E-state index is 0.0432. The van der Waals surface area contributed by atoms with Crippen LogP contribution in [0.15, 0.2) is 24.3 Å². The third-order valence-electron chi connectivity index (χ3n) is 5.49. The highest BCUT2D eigenvalue weighted by atomic mass is 16.3. The van der Waals surface area contributed by atoms with E-state index in [0.717, 1.165) is 38.5 Å². The number of amides is 2. The highest BCUT2D eigenvalue weighted by Crippen LogP contribution is 2.43. The van der Waals surface area contributed by atoms with Gasteiger partial charge in [-0.3, -0.25) is 0 Å². The van der Waals surface area contributed by atoms with Gasteiger partial charge in [-0.2, -0.15) is 0 Å². The average molecular weight is 316 g/mol. The Bertz CT molecular complexity index is 562. The van der Waals surface area contributed by atoms with Crippen molar-refractivity contribution < 1.29 is 9.90 Å². The molecule has 23 heavy (non-hydrogen) atoms. The molecule has 3 rings (SSSR count). The Morgan fingerprint density at radius 3 is 2.57 bits per heavy atom. The highest BCUT2D eigenvalue weighted by Gasteiger charge is 2.37. The lowest BCUT2D eigenvalue weighted by molar-refractivity contribution is 0.117. The number of aliphatic hydroxyl groups excluding tert-OH is 1. The van der Waals surface area contributed by atoms with Crippen molar-refractivity contribution in [2.75, 3.05) is 0 Å². The molecule has 4 nitrogen and oxygen atoms in total. The van der Waals surface area contributed by atoms with E-state index in [2.05, 4.69) is 48.7 Å². The van der Waals surface area contributed by atoms with E-state index in [-0.39, 0.29) is 29.6 Å². The lowest BCUT2D eigenvalue weighted by atomic mass is 9.70. The molecule has 0 aliphatic heterocycles. The standard InChI is InChI=1S/C19H28N2O2/c1-19(2)12-11-13-5-3-4-6-16(13)17(19)21-18(23)20-14-7-9-15(22)10-8-14/h3-6,14-15,17,22H,7-12H2,1-2H3,(H2,20,21,23). The van der Waals surface area contributed by atoms with Crippen molar-refractivity contribution in [2.24, 2.45) is 5.41 Å². The number of urea groups is 1. The van der Waals surface area contributed by atoms with Gasteiger partial charge in [-0.1, -0.05) is 38.1 Å². The van der Waals surface area contributed by atoms with Crippen molar-refractivity contribution in [3.8, 4) is 0 Å². The Hall–Kier alpha value is -1.55. The van der Waals surface area contributed by atoms with E-state index in [1.54, 1.807) is 0 Å². The minimum atomic E-state index is -0.194. The van der Waals surface area contributed by atoms with Crippen molar-refractivity contribution in [2.45, 2.75) is 70.6 Å². The molecule has 0 saturated heterocycles. The summed E-state index contributed by atoms with van der Waals surface area (Å²) in [5.74, 6) is 0. The Morgan fingerprint density at radius 2 is 1.83 bits per heavy atom. The van der Waals surface area contributed by atoms with Crippen LogP contribution in [0.3, 0.4) is 0 Å². The monoisotopic (exact) mass is 316 g/mol. The normalized spacial score (nSPS) is 29.4. The van der Waals surface area contributed by atoms with E-state index in [9.17, 15) is 9.90 Å². The van der Waals surface area contributed by atoms with E-state index in [4.69, 9.17) is 0 Å². The largest absolute Gasteiger partial charge is 0.393 e. The van der Waals surface area contributed by atoms with Gasteiger partial charge in [0, 0.05) is 6.04 Å². The summed E-state index contributed by atoms with van der Waals surface area (Å²) in [6.07, 6.45) is 5.23. The number of hydrogen-bond acceptors (Lipinski definition) is 2. The van der Waals surface area contributed by atoms with Gasteiger partial charge < -0.3 is 15.7 Å². The fourth-order valence-electron chi connectivity index (χ4n) is 3.92. The van der Waals surface area contributed by atoms with Crippen LogP contribution in [0.1, 0.15) is 63.1 Å². The molecule has 0 radical (unpaired) electrons. The SMILES string of the molecule is CC1(C)CCc2ccccc2C1NC(=O)NC1CCC(O)CC1. The summed E-state index contributed by atoms with van der Waals surface area (Å²) in [5.41, 5.74) is 2.64. The van der Waals surface area contributed by atoms with Gasteiger partial charge in [0.15, 0.2) is 0 Å².